The molecule has 0 saturated carbocycles. The van der Waals surface area contributed by atoms with Crippen LogP contribution in [0.3, 0.4) is 0 Å². The molecule has 9 heteroatoms. The topological polar surface area (TPSA) is 113 Å². The largest absolute Gasteiger partial charge is 0.271 e. The van der Waals surface area contributed by atoms with E-state index in [2.05, 4.69) is 4.72 Å². The van der Waals surface area contributed by atoms with Crippen LogP contribution in [0.2, 0.25) is 5.02 Å². The fraction of sp³-hybridized carbons (Fsp3) is 0.364. The number of unbranched alkanes of at least 4 members (excludes halogenated alkanes) is 2. The van der Waals surface area contributed by atoms with E-state index in [1.165, 1.54) is 0 Å². The average Bonchev–Trinajstić information content (AvgIpc) is 2.37. The molecule has 0 aliphatic rings. The molecule has 0 amide bonds. The molecule has 0 aliphatic carbocycles. The highest BCUT2D eigenvalue weighted by Gasteiger charge is 2.19. The number of sulfonamides is 1. The maximum absolute atomic E-state index is 11.9. The van der Waals surface area contributed by atoms with Crippen molar-refractivity contribution >= 4 is 27.3 Å². The highest BCUT2D eigenvalue weighted by Crippen LogP contribution is 2.25. The Morgan fingerprint density at radius 2 is 2.10 bits per heavy atom. The van der Waals surface area contributed by atoms with Crippen LogP contribution in [0.5, 0.6) is 0 Å². The fourth-order valence-electron chi connectivity index (χ4n) is 1.43. The van der Waals surface area contributed by atoms with E-state index in [9.17, 15) is 18.5 Å². The van der Waals surface area contributed by atoms with Crippen molar-refractivity contribution in [1.82, 2.24) is 4.72 Å². The van der Waals surface area contributed by atoms with Crippen LogP contribution in [0.25, 0.3) is 0 Å². The number of nitro groups is 1. The van der Waals surface area contributed by atoms with Gasteiger partial charge in [0.2, 0.25) is 10.0 Å². The Balaban J connectivity index is 2.78. The zero-order valence-electron chi connectivity index (χ0n) is 10.4. The van der Waals surface area contributed by atoms with Crippen LogP contribution >= 0.6 is 11.6 Å². The Morgan fingerprint density at radius 3 is 2.65 bits per heavy atom. The molecule has 0 bridgehead atoms. The quantitative estimate of drug-likeness (QED) is 0.470. The summed E-state index contributed by atoms with van der Waals surface area (Å²) in [6.07, 6.45) is 1.48. The zero-order chi connectivity index (χ0) is 15.2. The highest BCUT2D eigenvalue weighted by molar-refractivity contribution is 7.89. The highest BCUT2D eigenvalue weighted by atomic mass is 35.5. The molecule has 1 aromatic carbocycles. The van der Waals surface area contributed by atoms with Gasteiger partial charge in [0, 0.05) is 25.1 Å². The molecule has 0 radical (unpaired) electrons. The van der Waals surface area contributed by atoms with Gasteiger partial charge in [-0.15, -0.1) is 0 Å². The molecule has 1 rings (SSSR count). The lowest BCUT2D eigenvalue weighted by molar-refractivity contribution is -0.384. The number of benzene rings is 1. The third-order valence-electron chi connectivity index (χ3n) is 2.42. The predicted octanol–water partition coefficient (Wildman–Crippen LogP) is 2.22. The molecular formula is C11H12ClN3O4S. The van der Waals surface area contributed by atoms with Gasteiger partial charge in [0.15, 0.2) is 0 Å². The molecule has 0 unspecified atom stereocenters. The Bertz CT molecular complexity index is 640. The first-order valence-electron chi connectivity index (χ1n) is 5.69. The van der Waals surface area contributed by atoms with E-state index >= 15 is 0 Å². The number of hydrogen-bond donors (Lipinski definition) is 1. The lowest BCUT2D eigenvalue weighted by Crippen LogP contribution is -2.25. The summed E-state index contributed by atoms with van der Waals surface area (Å²) in [6.45, 7) is 0.178. The molecule has 0 saturated heterocycles. The number of hydrogen-bond acceptors (Lipinski definition) is 5. The predicted molar refractivity (Wildman–Crippen MR) is 72.8 cm³/mol. The van der Waals surface area contributed by atoms with Crippen molar-refractivity contribution in [2.45, 2.75) is 24.2 Å². The molecule has 1 aromatic rings. The SMILES string of the molecule is N#CCCCCNS(=O)(=O)c1ccc([N+](=O)[O-])cc1Cl. The first-order chi connectivity index (χ1) is 9.38. The van der Waals surface area contributed by atoms with E-state index in [1.807, 2.05) is 6.07 Å². The number of non-ortho nitro benzene ring substituents is 1. The van der Waals surface area contributed by atoms with Crippen molar-refractivity contribution in [2.24, 2.45) is 0 Å². The summed E-state index contributed by atoms with van der Waals surface area (Å²) in [5, 5.41) is 18.7. The van der Waals surface area contributed by atoms with Gasteiger partial charge in [-0.2, -0.15) is 5.26 Å². The average molecular weight is 318 g/mol. The molecule has 108 valence electrons. The first-order valence-corrected chi connectivity index (χ1v) is 7.55. The molecule has 7 nitrogen and oxygen atoms in total. The number of halogens is 1. The number of nitriles is 1. The van der Waals surface area contributed by atoms with Gasteiger partial charge in [-0.3, -0.25) is 10.1 Å². The van der Waals surface area contributed by atoms with E-state index in [0.717, 1.165) is 18.2 Å². The molecule has 20 heavy (non-hydrogen) atoms. The molecule has 0 fully saturated rings. The van der Waals surface area contributed by atoms with E-state index in [1.54, 1.807) is 0 Å². The van der Waals surface area contributed by atoms with Gasteiger partial charge in [-0.1, -0.05) is 11.6 Å². The minimum atomic E-state index is -3.81. The van der Waals surface area contributed by atoms with Gasteiger partial charge in [0.1, 0.15) is 4.90 Å². The van der Waals surface area contributed by atoms with Crippen LogP contribution in [-0.4, -0.2) is 19.9 Å². The summed E-state index contributed by atoms with van der Waals surface area (Å²) in [7, 11) is -3.81. The summed E-state index contributed by atoms with van der Waals surface area (Å²) in [5.74, 6) is 0. The Hall–Kier alpha value is -1.69. The number of nitrogens with zero attached hydrogens (tertiary/aromatic N) is 2. The summed E-state index contributed by atoms with van der Waals surface area (Å²) in [4.78, 5) is 9.68. The molecule has 0 heterocycles. The van der Waals surface area contributed by atoms with Crippen molar-refractivity contribution in [3.05, 3.63) is 33.3 Å². The van der Waals surface area contributed by atoms with Crippen LogP contribution in [0.15, 0.2) is 23.1 Å². The summed E-state index contributed by atoms with van der Waals surface area (Å²) >= 11 is 5.75. The number of rotatable bonds is 7. The van der Waals surface area contributed by atoms with Crippen molar-refractivity contribution in [2.75, 3.05) is 6.54 Å². The molecule has 0 aliphatic heterocycles. The van der Waals surface area contributed by atoms with E-state index in [4.69, 9.17) is 16.9 Å². The third-order valence-corrected chi connectivity index (χ3v) is 4.37. The fourth-order valence-corrected chi connectivity index (χ4v) is 3.05. The van der Waals surface area contributed by atoms with Crippen LogP contribution in [0.4, 0.5) is 5.69 Å². The molecule has 0 spiro atoms. The standard InChI is InChI=1S/C11H12ClN3O4S/c12-10-8-9(15(16)17)4-5-11(10)20(18,19)14-7-3-1-2-6-13/h4-5,8,14H,1-3,7H2. The lowest BCUT2D eigenvalue weighted by atomic mass is 10.2. The van der Waals surface area contributed by atoms with Crippen LogP contribution in [-0.2, 0) is 10.0 Å². The third kappa shape index (κ3) is 4.45. The van der Waals surface area contributed by atoms with Crippen molar-refractivity contribution < 1.29 is 13.3 Å². The maximum atomic E-state index is 11.9. The summed E-state index contributed by atoms with van der Waals surface area (Å²) < 4.78 is 26.2. The van der Waals surface area contributed by atoms with Gasteiger partial charge in [-0.25, -0.2) is 13.1 Å². The first kappa shape index (κ1) is 16.4. The zero-order valence-corrected chi connectivity index (χ0v) is 11.9. The van der Waals surface area contributed by atoms with Crippen molar-refractivity contribution in [3.8, 4) is 6.07 Å². The summed E-state index contributed by atoms with van der Waals surface area (Å²) in [6, 6.07) is 5.13. The number of nitrogens with one attached hydrogen (secondary N) is 1. The van der Waals surface area contributed by atoms with Crippen molar-refractivity contribution in [3.63, 3.8) is 0 Å². The van der Waals surface area contributed by atoms with Crippen LogP contribution < -0.4 is 4.72 Å². The lowest BCUT2D eigenvalue weighted by Gasteiger charge is -2.07. The number of nitro benzene ring substituents is 1. The smallest absolute Gasteiger partial charge is 0.258 e. The second kappa shape index (κ2) is 7.19. The minimum absolute atomic E-state index is 0.178. The molecule has 0 atom stereocenters. The van der Waals surface area contributed by atoms with Crippen molar-refractivity contribution in [1.29, 1.82) is 5.26 Å². The van der Waals surface area contributed by atoms with Gasteiger partial charge in [0.25, 0.3) is 5.69 Å². The van der Waals surface area contributed by atoms with E-state index < -0.39 is 14.9 Å². The molecular weight excluding hydrogens is 306 g/mol. The second-order valence-electron chi connectivity index (χ2n) is 3.88. The Labute approximate surface area is 121 Å². The maximum Gasteiger partial charge on any atom is 0.271 e. The van der Waals surface area contributed by atoms with Crippen LogP contribution in [0, 0.1) is 21.4 Å². The minimum Gasteiger partial charge on any atom is -0.258 e. The van der Waals surface area contributed by atoms with Gasteiger partial charge in [-0.05, 0) is 18.9 Å². The van der Waals surface area contributed by atoms with Gasteiger partial charge in [0.05, 0.1) is 16.0 Å². The molecule has 0 aromatic heterocycles. The summed E-state index contributed by atoms with van der Waals surface area (Å²) in [5.41, 5.74) is -0.275. The van der Waals surface area contributed by atoms with E-state index in [0.29, 0.717) is 19.3 Å². The Kier molecular flexibility index (Phi) is 5.88. The van der Waals surface area contributed by atoms with E-state index in [-0.39, 0.29) is 22.2 Å². The monoisotopic (exact) mass is 317 g/mol. The molecule has 1 N–H and O–H groups in total. The van der Waals surface area contributed by atoms with Gasteiger partial charge >= 0.3 is 0 Å². The normalized spacial score (nSPS) is 11.0. The van der Waals surface area contributed by atoms with Gasteiger partial charge < -0.3 is 0 Å². The second-order valence-corrected chi connectivity index (χ2v) is 6.03. The Morgan fingerprint density at radius 1 is 1.40 bits per heavy atom. The van der Waals surface area contributed by atoms with Crippen LogP contribution in [0.1, 0.15) is 19.3 Å².